The largest absolute Gasteiger partial charge is 0.362 e. The molecule has 0 fully saturated rings. The highest BCUT2D eigenvalue weighted by molar-refractivity contribution is 5.74. The van der Waals surface area contributed by atoms with Crippen molar-refractivity contribution < 1.29 is 0 Å². The number of nitrogens with one attached hydrogen (secondary N) is 2. The Hall–Kier alpha value is -2.88. The summed E-state index contributed by atoms with van der Waals surface area (Å²) in [5.41, 5.74) is 14.4. The molecule has 2 aromatic rings. The predicted octanol–water partition coefficient (Wildman–Crippen LogP) is 5.01. The van der Waals surface area contributed by atoms with Gasteiger partial charge >= 0.3 is 0 Å². The van der Waals surface area contributed by atoms with E-state index in [0.717, 1.165) is 37.1 Å². The number of aromatic nitrogens is 4. The summed E-state index contributed by atoms with van der Waals surface area (Å²) in [6.45, 7) is 8.70. The maximum atomic E-state index is 4.99. The molecule has 5 heterocycles. The van der Waals surface area contributed by atoms with Gasteiger partial charge in [0.2, 0.25) is 0 Å². The highest BCUT2D eigenvalue weighted by atomic mass is 14.8. The molecule has 0 saturated carbocycles. The molecule has 3 aliphatic heterocycles. The lowest BCUT2D eigenvalue weighted by Crippen LogP contribution is -1.91. The Bertz CT molecular complexity index is 1120. The molecular formula is C24H26N4. The van der Waals surface area contributed by atoms with E-state index in [1.54, 1.807) is 0 Å². The monoisotopic (exact) mass is 370 g/mol. The lowest BCUT2D eigenvalue weighted by atomic mass is 10.1. The molecule has 0 unspecified atom stereocenters. The Morgan fingerprint density at radius 3 is 1.89 bits per heavy atom. The van der Waals surface area contributed by atoms with Crippen LogP contribution in [0.2, 0.25) is 0 Å². The van der Waals surface area contributed by atoms with Gasteiger partial charge in [0, 0.05) is 33.8 Å². The Kier molecular flexibility index (Phi) is 3.90. The molecule has 0 aromatic carbocycles. The van der Waals surface area contributed by atoms with E-state index in [9.17, 15) is 0 Å². The first kappa shape index (κ1) is 17.2. The molecule has 2 N–H and O–H groups in total. The van der Waals surface area contributed by atoms with Crippen LogP contribution in [0.3, 0.4) is 0 Å². The van der Waals surface area contributed by atoms with Gasteiger partial charge in [0.1, 0.15) is 0 Å². The highest BCUT2D eigenvalue weighted by Crippen LogP contribution is 2.26. The molecule has 0 aliphatic carbocycles. The second kappa shape index (κ2) is 6.33. The standard InChI is InChI=1S/C24H26N4/c1-13-17-5-7-19(25-17)14(2)21-9-11-23(27-21)16(4)24-12-10-22(28-24)15(3)20-8-6-18(13)26-20/h5,7,10,12,25-26H,6,8-9,11H2,1-4H3. The summed E-state index contributed by atoms with van der Waals surface area (Å²) in [7, 11) is 0. The summed E-state index contributed by atoms with van der Waals surface area (Å²) in [6.07, 6.45) is 8.33. The first-order valence-electron chi connectivity index (χ1n) is 10.1. The minimum atomic E-state index is 0.985. The molecule has 0 amide bonds. The molecule has 0 saturated heterocycles. The fraction of sp³-hybridized carbons (Fsp3) is 0.333. The molecule has 0 spiro atoms. The molecule has 0 atom stereocenters. The third-order valence-corrected chi connectivity index (χ3v) is 6.47. The average Bonchev–Trinajstić information content (AvgIpc) is 3.49. The average molecular weight is 371 g/mol. The Morgan fingerprint density at radius 1 is 0.607 bits per heavy atom. The van der Waals surface area contributed by atoms with Gasteiger partial charge in [-0.2, -0.15) is 0 Å². The van der Waals surface area contributed by atoms with Crippen molar-refractivity contribution in [3.8, 4) is 0 Å². The highest BCUT2D eigenvalue weighted by Gasteiger charge is 2.16. The SMILES string of the molecule is Cc1c2nc(c(C)c3[nH]c(c(C)c4ccc([nH]4)c(C)c4nc1CC4)CC3)C=C2. The fourth-order valence-corrected chi connectivity index (χ4v) is 4.41. The zero-order valence-electron chi connectivity index (χ0n) is 17.0. The van der Waals surface area contributed by atoms with Crippen molar-refractivity contribution >= 4 is 23.2 Å². The summed E-state index contributed by atoms with van der Waals surface area (Å²) >= 11 is 0. The maximum absolute atomic E-state index is 4.99. The molecule has 8 bridgehead atoms. The molecule has 5 rings (SSSR count). The lowest BCUT2D eigenvalue weighted by Gasteiger charge is -1.99. The van der Waals surface area contributed by atoms with E-state index < -0.39 is 0 Å². The molecule has 2 aromatic heterocycles. The first-order chi connectivity index (χ1) is 13.5. The van der Waals surface area contributed by atoms with Gasteiger partial charge in [-0.3, -0.25) is 4.98 Å². The van der Waals surface area contributed by atoms with E-state index in [1.165, 1.54) is 56.1 Å². The van der Waals surface area contributed by atoms with Crippen LogP contribution in [0, 0.1) is 27.7 Å². The molecule has 28 heavy (non-hydrogen) atoms. The second-order valence-corrected chi connectivity index (χ2v) is 8.09. The Morgan fingerprint density at radius 2 is 1.18 bits per heavy atom. The van der Waals surface area contributed by atoms with Gasteiger partial charge in [0.25, 0.3) is 0 Å². The summed E-state index contributed by atoms with van der Waals surface area (Å²) < 4.78 is 0. The summed E-state index contributed by atoms with van der Waals surface area (Å²) in [4.78, 5) is 17.2. The lowest BCUT2D eigenvalue weighted by molar-refractivity contribution is 0.995. The van der Waals surface area contributed by atoms with Crippen LogP contribution in [-0.2, 0) is 25.7 Å². The number of nitrogens with zero attached hydrogens (tertiary/aromatic N) is 2. The fourth-order valence-electron chi connectivity index (χ4n) is 4.41. The van der Waals surface area contributed by atoms with Crippen LogP contribution in [0.1, 0.15) is 56.4 Å². The van der Waals surface area contributed by atoms with Crippen LogP contribution in [0.5, 0.6) is 0 Å². The van der Waals surface area contributed by atoms with Gasteiger partial charge in [-0.15, -0.1) is 0 Å². The molecule has 3 aliphatic rings. The van der Waals surface area contributed by atoms with Gasteiger partial charge in [-0.05, 0) is 99.9 Å². The summed E-state index contributed by atoms with van der Waals surface area (Å²) in [5, 5.41) is 0. The second-order valence-electron chi connectivity index (χ2n) is 8.09. The topological polar surface area (TPSA) is 57.4 Å². The van der Waals surface area contributed by atoms with Crippen LogP contribution in [-0.4, -0.2) is 19.9 Å². The van der Waals surface area contributed by atoms with E-state index in [-0.39, 0.29) is 0 Å². The molecular weight excluding hydrogens is 344 g/mol. The number of hydrogen-bond donors (Lipinski definition) is 2. The van der Waals surface area contributed by atoms with E-state index >= 15 is 0 Å². The minimum Gasteiger partial charge on any atom is -0.362 e. The van der Waals surface area contributed by atoms with Crippen molar-refractivity contribution in [1.82, 2.24) is 19.9 Å². The quantitative estimate of drug-likeness (QED) is 0.584. The number of rotatable bonds is 0. The van der Waals surface area contributed by atoms with Crippen molar-refractivity contribution in [3.63, 3.8) is 0 Å². The number of hydrogen-bond acceptors (Lipinski definition) is 2. The van der Waals surface area contributed by atoms with Crippen LogP contribution in [0.25, 0.3) is 23.2 Å². The molecule has 0 radical (unpaired) electrons. The Labute approximate surface area is 165 Å². The third-order valence-electron chi connectivity index (χ3n) is 6.47. The minimum absolute atomic E-state index is 0.985. The van der Waals surface area contributed by atoms with Crippen LogP contribution in [0.4, 0.5) is 0 Å². The van der Waals surface area contributed by atoms with Crippen LogP contribution in [0.15, 0.2) is 12.1 Å². The molecule has 142 valence electrons. The third kappa shape index (κ3) is 2.67. The number of aryl methyl sites for hydroxylation is 6. The van der Waals surface area contributed by atoms with Crippen molar-refractivity contribution in [3.05, 3.63) is 68.6 Å². The van der Waals surface area contributed by atoms with E-state index in [4.69, 9.17) is 9.97 Å². The van der Waals surface area contributed by atoms with Crippen molar-refractivity contribution in [2.45, 2.75) is 53.4 Å². The van der Waals surface area contributed by atoms with Gasteiger partial charge < -0.3 is 9.97 Å². The first-order valence-corrected chi connectivity index (χ1v) is 10.1. The van der Waals surface area contributed by atoms with E-state index in [0.29, 0.717) is 0 Å². The van der Waals surface area contributed by atoms with E-state index in [2.05, 4.69) is 61.9 Å². The zero-order valence-corrected chi connectivity index (χ0v) is 17.0. The summed E-state index contributed by atoms with van der Waals surface area (Å²) in [5.74, 6) is 0. The van der Waals surface area contributed by atoms with Crippen molar-refractivity contribution in [2.24, 2.45) is 0 Å². The summed E-state index contributed by atoms with van der Waals surface area (Å²) in [6, 6.07) is 4.38. The van der Waals surface area contributed by atoms with E-state index in [1.807, 2.05) is 0 Å². The van der Waals surface area contributed by atoms with Crippen molar-refractivity contribution in [1.29, 1.82) is 0 Å². The smallest absolute Gasteiger partial charge is 0.0685 e. The predicted molar refractivity (Wildman–Crippen MR) is 115 cm³/mol. The number of fused-ring (bicyclic) bond motifs is 8. The number of aromatic amines is 2. The van der Waals surface area contributed by atoms with Gasteiger partial charge in [0.05, 0.1) is 11.4 Å². The molecule has 4 heteroatoms. The van der Waals surface area contributed by atoms with Crippen LogP contribution < -0.4 is 0 Å². The van der Waals surface area contributed by atoms with Gasteiger partial charge in [-0.1, -0.05) is 0 Å². The number of H-pyrrole nitrogens is 2. The zero-order chi connectivity index (χ0) is 19.4. The normalized spacial score (nSPS) is 14.4. The van der Waals surface area contributed by atoms with Crippen molar-refractivity contribution in [2.75, 3.05) is 0 Å². The van der Waals surface area contributed by atoms with Crippen LogP contribution >= 0.6 is 0 Å². The maximum Gasteiger partial charge on any atom is 0.0685 e. The Balaban J connectivity index is 1.92. The van der Waals surface area contributed by atoms with Gasteiger partial charge in [-0.25, -0.2) is 4.98 Å². The molecule has 4 nitrogen and oxygen atoms in total. The van der Waals surface area contributed by atoms with Gasteiger partial charge in [0.15, 0.2) is 0 Å².